The molecule has 3 rings (SSSR count). The van der Waals surface area contributed by atoms with Crippen LogP contribution < -0.4 is 19.5 Å². The Hall–Kier alpha value is -2.69. The molecule has 23 heavy (non-hydrogen) atoms. The molecule has 1 aliphatic rings. The molecule has 0 spiro atoms. The number of ether oxygens (including phenoxy) is 3. The molecule has 0 aromatic heterocycles. The highest BCUT2D eigenvalue weighted by Crippen LogP contribution is 2.28. The number of methoxy groups -OCH3 is 2. The van der Waals surface area contributed by atoms with E-state index in [0.717, 1.165) is 16.9 Å². The number of hydrogen-bond acceptors (Lipinski definition) is 4. The summed E-state index contributed by atoms with van der Waals surface area (Å²) in [7, 11) is 3.20. The van der Waals surface area contributed by atoms with Crippen LogP contribution in [0.3, 0.4) is 0 Å². The Labute approximate surface area is 135 Å². The molecule has 2 aromatic carbocycles. The van der Waals surface area contributed by atoms with Crippen LogP contribution in [0.5, 0.6) is 17.2 Å². The van der Waals surface area contributed by atoms with Crippen LogP contribution in [-0.4, -0.2) is 26.2 Å². The molecule has 1 aliphatic heterocycles. The van der Waals surface area contributed by atoms with Crippen molar-refractivity contribution in [2.45, 2.75) is 19.1 Å². The van der Waals surface area contributed by atoms with Gasteiger partial charge in [0.25, 0.3) is 5.91 Å². The topological polar surface area (TPSA) is 56.8 Å². The molecule has 1 atom stereocenters. The number of carbonyl (C=O) groups is 1. The predicted molar refractivity (Wildman–Crippen MR) is 86.0 cm³/mol. The van der Waals surface area contributed by atoms with Gasteiger partial charge in [0.2, 0.25) is 0 Å². The summed E-state index contributed by atoms with van der Waals surface area (Å²) in [6, 6.07) is 13.2. The Morgan fingerprint density at radius 1 is 1.22 bits per heavy atom. The molecule has 120 valence electrons. The SMILES string of the molecule is COc1ccc(CNC(=O)C2Cc3ccccc3O2)c(OC)c1. The van der Waals surface area contributed by atoms with E-state index in [2.05, 4.69) is 5.32 Å². The van der Waals surface area contributed by atoms with E-state index < -0.39 is 6.10 Å². The first-order chi connectivity index (χ1) is 11.2. The predicted octanol–water partition coefficient (Wildman–Crippen LogP) is 2.32. The lowest BCUT2D eigenvalue weighted by Crippen LogP contribution is -2.37. The van der Waals surface area contributed by atoms with Crippen molar-refractivity contribution in [1.29, 1.82) is 0 Å². The van der Waals surface area contributed by atoms with Crippen LogP contribution in [0.1, 0.15) is 11.1 Å². The van der Waals surface area contributed by atoms with Crippen molar-refractivity contribution >= 4 is 5.91 Å². The zero-order valence-corrected chi connectivity index (χ0v) is 13.2. The maximum atomic E-state index is 12.3. The van der Waals surface area contributed by atoms with Gasteiger partial charge in [0.15, 0.2) is 6.10 Å². The highest BCUT2D eigenvalue weighted by atomic mass is 16.5. The van der Waals surface area contributed by atoms with Crippen molar-refractivity contribution < 1.29 is 19.0 Å². The molecule has 2 aromatic rings. The van der Waals surface area contributed by atoms with Gasteiger partial charge in [-0.1, -0.05) is 18.2 Å². The molecule has 1 amide bonds. The summed E-state index contributed by atoms with van der Waals surface area (Å²) in [6.45, 7) is 0.377. The fourth-order valence-electron chi connectivity index (χ4n) is 2.62. The van der Waals surface area contributed by atoms with Crippen LogP contribution in [0.15, 0.2) is 42.5 Å². The number of amides is 1. The lowest BCUT2D eigenvalue weighted by Gasteiger charge is -2.14. The fourth-order valence-corrected chi connectivity index (χ4v) is 2.62. The number of benzene rings is 2. The Bertz CT molecular complexity index is 689. The second-order valence-electron chi connectivity index (χ2n) is 5.31. The van der Waals surface area contributed by atoms with Gasteiger partial charge in [-0.2, -0.15) is 0 Å². The van der Waals surface area contributed by atoms with Crippen molar-refractivity contribution in [3.63, 3.8) is 0 Å². The standard InChI is InChI=1S/C18H19NO4/c1-21-14-8-7-13(16(10-14)22-2)11-19-18(20)17-9-12-5-3-4-6-15(12)23-17/h3-8,10,17H,9,11H2,1-2H3,(H,19,20). The zero-order chi connectivity index (χ0) is 16.2. The minimum absolute atomic E-state index is 0.126. The Kier molecular flexibility index (Phi) is 4.37. The summed E-state index contributed by atoms with van der Waals surface area (Å²) < 4.78 is 16.2. The van der Waals surface area contributed by atoms with Crippen molar-refractivity contribution in [2.24, 2.45) is 0 Å². The lowest BCUT2D eigenvalue weighted by molar-refractivity contribution is -0.127. The third kappa shape index (κ3) is 3.23. The first-order valence-electron chi connectivity index (χ1n) is 7.44. The third-order valence-electron chi connectivity index (χ3n) is 3.89. The van der Waals surface area contributed by atoms with E-state index >= 15 is 0 Å². The third-order valence-corrected chi connectivity index (χ3v) is 3.89. The van der Waals surface area contributed by atoms with E-state index in [4.69, 9.17) is 14.2 Å². The molecule has 0 radical (unpaired) electrons. The molecular weight excluding hydrogens is 294 g/mol. The van der Waals surface area contributed by atoms with Gasteiger partial charge in [0.1, 0.15) is 17.2 Å². The molecule has 1 heterocycles. The molecule has 0 bridgehead atoms. The lowest BCUT2D eigenvalue weighted by atomic mass is 10.1. The smallest absolute Gasteiger partial charge is 0.261 e. The molecule has 0 saturated carbocycles. The fraction of sp³-hybridized carbons (Fsp3) is 0.278. The van der Waals surface area contributed by atoms with Crippen LogP contribution >= 0.6 is 0 Å². The average Bonchev–Trinajstić information content (AvgIpc) is 3.03. The van der Waals surface area contributed by atoms with Crippen molar-refractivity contribution in [1.82, 2.24) is 5.32 Å². The minimum Gasteiger partial charge on any atom is -0.497 e. The number of para-hydroxylation sites is 1. The van der Waals surface area contributed by atoms with Crippen molar-refractivity contribution in [3.8, 4) is 17.2 Å². The zero-order valence-electron chi connectivity index (χ0n) is 13.2. The summed E-state index contributed by atoms with van der Waals surface area (Å²) in [5, 5.41) is 2.90. The molecule has 0 aliphatic carbocycles. The van der Waals surface area contributed by atoms with Gasteiger partial charge in [-0.15, -0.1) is 0 Å². The molecule has 1 N–H and O–H groups in total. The summed E-state index contributed by atoms with van der Waals surface area (Å²) in [6.07, 6.45) is 0.124. The maximum Gasteiger partial charge on any atom is 0.261 e. The summed E-state index contributed by atoms with van der Waals surface area (Å²) in [5.74, 6) is 2.06. The molecule has 5 nitrogen and oxygen atoms in total. The maximum absolute atomic E-state index is 12.3. The second-order valence-corrected chi connectivity index (χ2v) is 5.31. The van der Waals surface area contributed by atoms with Gasteiger partial charge < -0.3 is 19.5 Å². The number of fused-ring (bicyclic) bond motifs is 1. The van der Waals surface area contributed by atoms with E-state index in [9.17, 15) is 4.79 Å². The summed E-state index contributed by atoms with van der Waals surface area (Å²) in [5.41, 5.74) is 1.95. The number of carbonyl (C=O) groups excluding carboxylic acids is 1. The number of rotatable bonds is 5. The number of nitrogens with one attached hydrogen (secondary N) is 1. The first kappa shape index (κ1) is 15.2. The molecule has 0 saturated heterocycles. The Morgan fingerprint density at radius 3 is 2.78 bits per heavy atom. The van der Waals surface area contributed by atoms with Crippen LogP contribution in [0.25, 0.3) is 0 Å². The molecule has 1 unspecified atom stereocenters. The quantitative estimate of drug-likeness (QED) is 0.920. The molecular formula is C18H19NO4. The highest BCUT2D eigenvalue weighted by molar-refractivity contribution is 5.82. The van der Waals surface area contributed by atoms with E-state index in [-0.39, 0.29) is 5.91 Å². The van der Waals surface area contributed by atoms with Crippen molar-refractivity contribution in [2.75, 3.05) is 14.2 Å². The van der Waals surface area contributed by atoms with E-state index in [1.54, 1.807) is 20.3 Å². The van der Waals surface area contributed by atoms with Gasteiger partial charge in [-0.3, -0.25) is 4.79 Å². The van der Waals surface area contributed by atoms with E-state index in [1.165, 1.54) is 0 Å². The van der Waals surface area contributed by atoms with Crippen LogP contribution in [0.4, 0.5) is 0 Å². The van der Waals surface area contributed by atoms with E-state index in [1.807, 2.05) is 36.4 Å². The largest absolute Gasteiger partial charge is 0.497 e. The van der Waals surface area contributed by atoms with Gasteiger partial charge in [0.05, 0.1) is 14.2 Å². The average molecular weight is 313 g/mol. The van der Waals surface area contributed by atoms with Crippen LogP contribution in [0, 0.1) is 0 Å². The van der Waals surface area contributed by atoms with Gasteiger partial charge >= 0.3 is 0 Å². The van der Waals surface area contributed by atoms with E-state index in [0.29, 0.717) is 24.5 Å². The molecule has 5 heteroatoms. The number of hydrogen-bond donors (Lipinski definition) is 1. The van der Waals surface area contributed by atoms with Crippen LogP contribution in [-0.2, 0) is 17.8 Å². The Morgan fingerprint density at radius 2 is 2.04 bits per heavy atom. The van der Waals surface area contributed by atoms with Crippen molar-refractivity contribution in [3.05, 3.63) is 53.6 Å². The molecule has 0 fully saturated rings. The van der Waals surface area contributed by atoms with Gasteiger partial charge in [0, 0.05) is 24.6 Å². The Balaban J connectivity index is 1.62. The van der Waals surface area contributed by atoms with Crippen LogP contribution in [0.2, 0.25) is 0 Å². The van der Waals surface area contributed by atoms with Gasteiger partial charge in [-0.05, 0) is 23.8 Å². The highest BCUT2D eigenvalue weighted by Gasteiger charge is 2.28. The normalized spacial score (nSPS) is 15.5. The summed E-state index contributed by atoms with van der Waals surface area (Å²) >= 11 is 0. The van der Waals surface area contributed by atoms with Gasteiger partial charge in [-0.25, -0.2) is 0 Å². The summed E-state index contributed by atoms with van der Waals surface area (Å²) in [4.78, 5) is 12.3. The minimum atomic E-state index is -0.475. The second kappa shape index (κ2) is 6.60. The monoisotopic (exact) mass is 313 g/mol. The first-order valence-corrected chi connectivity index (χ1v) is 7.44.